The Hall–Kier alpha value is -1.57. The second kappa shape index (κ2) is 6.25. The van der Waals surface area contributed by atoms with Gasteiger partial charge in [-0.2, -0.15) is 0 Å². The van der Waals surface area contributed by atoms with Crippen molar-refractivity contribution in [3.05, 3.63) is 74.8 Å². The molecule has 0 unspecified atom stereocenters. The fourth-order valence-corrected chi connectivity index (χ4v) is 2.27. The molecular weight excluding hydrogens is 291 g/mol. The highest BCUT2D eigenvalue weighted by Crippen LogP contribution is 2.23. The summed E-state index contributed by atoms with van der Waals surface area (Å²) in [5.41, 5.74) is 3.69. The Bertz CT molecular complexity index is 687. The lowest BCUT2D eigenvalue weighted by atomic mass is 10.0. The van der Waals surface area contributed by atoms with Gasteiger partial charge in [0.1, 0.15) is 0 Å². The number of benzene rings is 2. The van der Waals surface area contributed by atoms with Gasteiger partial charge in [-0.05, 0) is 43.2 Å². The first kappa shape index (κ1) is 14.8. The standard InChI is InChI=1S/C17H14Cl2O/c1-11-3-6-14(12(2)9-11)17(20)8-5-13-4-7-15(18)16(19)10-13/h3-10H,1-2H3/b8-5+. The minimum Gasteiger partial charge on any atom is -0.289 e. The van der Waals surface area contributed by atoms with Gasteiger partial charge in [-0.15, -0.1) is 0 Å². The molecule has 0 aliphatic heterocycles. The Morgan fingerprint density at radius 2 is 1.75 bits per heavy atom. The van der Waals surface area contributed by atoms with Crippen LogP contribution in [0.25, 0.3) is 6.08 Å². The highest BCUT2D eigenvalue weighted by Gasteiger charge is 2.05. The Labute approximate surface area is 128 Å². The van der Waals surface area contributed by atoms with Gasteiger partial charge >= 0.3 is 0 Å². The van der Waals surface area contributed by atoms with Gasteiger partial charge in [-0.3, -0.25) is 4.79 Å². The van der Waals surface area contributed by atoms with Crippen LogP contribution in [0.5, 0.6) is 0 Å². The van der Waals surface area contributed by atoms with Gasteiger partial charge in [0.05, 0.1) is 10.0 Å². The largest absolute Gasteiger partial charge is 0.289 e. The first-order valence-corrected chi connectivity index (χ1v) is 6.97. The maximum Gasteiger partial charge on any atom is 0.186 e. The minimum atomic E-state index is -0.0198. The van der Waals surface area contributed by atoms with Crippen LogP contribution in [0, 0.1) is 13.8 Å². The molecule has 2 aromatic rings. The lowest BCUT2D eigenvalue weighted by Crippen LogP contribution is -1.97. The third kappa shape index (κ3) is 3.50. The highest BCUT2D eigenvalue weighted by atomic mass is 35.5. The Morgan fingerprint density at radius 1 is 1.00 bits per heavy atom. The normalized spacial score (nSPS) is 11.0. The second-order valence-corrected chi connectivity index (χ2v) is 5.50. The summed E-state index contributed by atoms with van der Waals surface area (Å²) in [6.07, 6.45) is 3.29. The number of allylic oxidation sites excluding steroid dienone is 1. The third-order valence-corrected chi connectivity index (χ3v) is 3.76. The minimum absolute atomic E-state index is 0.0198. The quantitative estimate of drug-likeness (QED) is 0.540. The Morgan fingerprint density at radius 3 is 2.40 bits per heavy atom. The monoisotopic (exact) mass is 304 g/mol. The zero-order chi connectivity index (χ0) is 14.7. The number of halogens is 2. The van der Waals surface area contributed by atoms with E-state index in [2.05, 4.69) is 0 Å². The summed E-state index contributed by atoms with van der Waals surface area (Å²) in [6, 6.07) is 11.1. The summed E-state index contributed by atoms with van der Waals surface area (Å²) >= 11 is 11.8. The molecule has 0 N–H and O–H groups in total. The van der Waals surface area contributed by atoms with Gasteiger partial charge in [0.2, 0.25) is 0 Å². The summed E-state index contributed by atoms with van der Waals surface area (Å²) in [5, 5.41) is 0.984. The molecule has 3 heteroatoms. The van der Waals surface area contributed by atoms with E-state index in [9.17, 15) is 4.79 Å². The average Bonchev–Trinajstić information content (AvgIpc) is 2.40. The summed E-state index contributed by atoms with van der Waals surface area (Å²) in [7, 11) is 0. The molecule has 2 aromatic carbocycles. The lowest BCUT2D eigenvalue weighted by Gasteiger charge is -2.03. The van der Waals surface area contributed by atoms with Crippen molar-refractivity contribution in [3.63, 3.8) is 0 Å². The fraction of sp³-hybridized carbons (Fsp3) is 0.118. The molecule has 0 heterocycles. The number of carbonyl (C=O) groups excluding carboxylic acids is 1. The molecule has 0 radical (unpaired) electrons. The molecule has 102 valence electrons. The van der Waals surface area contributed by atoms with E-state index >= 15 is 0 Å². The van der Waals surface area contributed by atoms with Crippen molar-refractivity contribution in [3.8, 4) is 0 Å². The van der Waals surface area contributed by atoms with Crippen molar-refractivity contribution in [2.45, 2.75) is 13.8 Å². The number of rotatable bonds is 3. The molecule has 0 spiro atoms. The number of ketones is 1. The van der Waals surface area contributed by atoms with Crippen LogP contribution in [0.4, 0.5) is 0 Å². The fourth-order valence-electron chi connectivity index (χ4n) is 1.97. The molecule has 0 atom stereocenters. The molecule has 0 saturated heterocycles. The molecule has 0 fully saturated rings. The van der Waals surface area contributed by atoms with Gasteiger partial charge in [-0.25, -0.2) is 0 Å². The van der Waals surface area contributed by atoms with Gasteiger partial charge < -0.3 is 0 Å². The van der Waals surface area contributed by atoms with Crippen LogP contribution in [-0.4, -0.2) is 5.78 Å². The van der Waals surface area contributed by atoms with E-state index in [4.69, 9.17) is 23.2 Å². The van der Waals surface area contributed by atoms with Crippen LogP contribution >= 0.6 is 23.2 Å². The summed E-state index contributed by atoms with van der Waals surface area (Å²) in [5.74, 6) is -0.0198. The topological polar surface area (TPSA) is 17.1 Å². The second-order valence-electron chi connectivity index (χ2n) is 4.69. The van der Waals surface area contributed by atoms with Crippen LogP contribution in [0.3, 0.4) is 0 Å². The molecule has 2 rings (SSSR count). The highest BCUT2D eigenvalue weighted by molar-refractivity contribution is 6.42. The number of carbonyl (C=O) groups is 1. The molecule has 20 heavy (non-hydrogen) atoms. The smallest absolute Gasteiger partial charge is 0.186 e. The zero-order valence-corrected chi connectivity index (χ0v) is 12.8. The lowest BCUT2D eigenvalue weighted by molar-refractivity contribution is 0.104. The van der Waals surface area contributed by atoms with Crippen LogP contribution in [0.15, 0.2) is 42.5 Å². The van der Waals surface area contributed by atoms with E-state index in [1.165, 1.54) is 0 Å². The number of hydrogen-bond acceptors (Lipinski definition) is 1. The van der Waals surface area contributed by atoms with Crippen molar-refractivity contribution < 1.29 is 4.79 Å². The first-order valence-electron chi connectivity index (χ1n) is 6.22. The van der Waals surface area contributed by atoms with Crippen molar-refractivity contribution in [1.29, 1.82) is 0 Å². The van der Waals surface area contributed by atoms with Gasteiger partial charge in [0, 0.05) is 5.56 Å². The maximum atomic E-state index is 12.2. The summed E-state index contributed by atoms with van der Waals surface area (Å²) in [6.45, 7) is 3.94. The average molecular weight is 305 g/mol. The van der Waals surface area contributed by atoms with Gasteiger partial charge in [-0.1, -0.05) is 59.1 Å². The van der Waals surface area contributed by atoms with Crippen LogP contribution in [0.1, 0.15) is 27.0 Å². The van der Waals surface area contributed by atoms with E-state index in [0.29, 0.717) is 15.6 Å². The van der Waals surface area contributed by atoms with E-state index in [1.807, 2.05) is 38.1 Å². The number of aryl methyl sites for hydroxylation is 2. The molecular formula is C17H14Cl2O. The van der Waals surface area contributed by atoms with Crippen LogP contribution < -0.4 is 0 Å². The van der Waals surface area contributed by atoms with E-state index in [1.54, 1.807) is 24.3 Å². The third-order valence-electron chi connectivity index (χ3n) is 3.02. The van der Waals surface area contributed by atoms with Crippen molar-refractivity contribution in [2.24, 2.45) is 0 Å². The molecule has 0 saturated carbocycles. The SMILES string of the molecule is Cc1ccc(C(=O)/C=C/c2ccc(Cl)c(Cl)c2)c(C)c1. The summed E-state index contributed by atoms with van der Waals surface area (Å²) < 4.78 is 0. The molecule has 0 aromatic heterocycles. The molecule has 1 nitrogen and oxygen atoms in total. The first-order chi connectivity index (χ1) is 9.47. The van der Waals surface area contributed by atoms with Crippen molar-refractivity contribution in [2.75, 3.05) is 0 Å². The van der Waals surface area contributed by atoms with Crippen molar-refractivity contribution >= 4 is 35.1 Å². The molecule has 0 amide bonds. The van der Waals surface area contributed by atoms with Crippen molar-refractivity contribution in [1.82, 2.24) is 0 Å². The van der Waals surface area contributed by atoms with E-state index in [-0.39, 0.29) is 5.78 Å². The van der Waals surface area contributed by atoms with Gasteiger partial charge in [0.15, 0.2) is 5.78 Å². The predicted molar refractivity (Wildman–Crippen MR) is 85.7 cm³/mol. The predicted octanol–water partition coefficient (Wildman–Crippen LogP) is 5.51. The number of hydrogen-bond donors (Lipinski definition) is 0. The molecule has 0 aliphatic carbocycles. The van der Waals surface area contributed by atoms with E-state index in [0.717, 1.165) is 16.7 Å². The molecule has 0 aliphatic rings. The van der Waals surface area contributed by atoms with Crippen LogP contribution in [-0.2, 0) is 0 Å². The Balaban J connectivity index is 2.22. The van der Waals surface area contributed by atoms with E-state index < -0.39 is 0 Å². The Kier molecular flexibility index (Phi) is 4.64. The van der Waals surface area contributed by atoms with Gasteiger partial charge in [0.25, 0.3) is 0 Å². The maximum absolute atomic E-state index is 12.2. The molecule has 0 bridgehead atoms. The zero-order valence-electron chi connectivity index (χ0n) is 11.3. The van der Waals surface area contributed by atoms with Crippen LogP contribution in [0.2, 0.25) is 10.0 Å². The summed E-state index contributed by atoms with van der Waals surface area (Å²) in [4.78, 5) is 12.2.